The summed E-state index contributed by atoms with van der Waals surface area (Å²) in [5, 5.41) is 9.14. The van der Waals surface area contributed by atoms with E-state index in [1.807, 2.05) is 37.3 Å². The van der Waals surface area contributed by atoms with Gasteiger partial charge in [0.15, 0.2) is 0 Å². The fourth-order valence-electron chi connectivity index (χ4n) is 2.21. The predicted octanol–water partition coefficient (Wildman–Crippen LogP) is 2.65. The van der Waals surface area contributed by atoms with E-state index >= 15 is 0 Å². The normalized spacial score (nSPS) is 29.9. The third-order valence-electron chi connectivity index (χ3n) is 3.33. The number of hydrogen-bond acceptors (Lipinski definition) is 1. The van der Waals surface area contributed by atoms with Crippen LogP contribution in [0.25, 0.3) is 0 Å². The second-order valence-corrected chi connectivity index (χ2v) is 3.98. The molecular formula is C12H14O2. The van der Waals surface area contributed by atoms with Gasteiger partial charge in [-0.15, -0.1) is 0 Å². The number of hydrogen-bond donors (Lipinski definition) is 1. The first-order valence-electron chi connectivity index (χ1n) is 4.99. The molecule has 0 aromatic heterocycles. The Hall–Kier alpha value is -1.31. The summed E-state index contributed by atoms with van der Waals surface area (Å²) < 4.78 is 0. The maximum atomic E-state index is 11.1. The minimum absolute atomic E-state index is 0.228. The van der Waals surface area contributed by atoms with Crippen LogP contribution in [-0.2, 0) is 4.79 Å². The molecule has 0 aliphatic heterocycles. The Labute approximate surface area is 83.6 Å². The zero-order chi connectivity index (χ0) is 10.2. The molecule has 2 atom stereocenters. The van der Waals surface area contributed by atoms with Gasteiger partial charge < -0.3 is 5.11 Å². The van der Waals surface area contributed by atoms with Crippen molar-refractivity contribution >= 4 is 5.97 Å². The van der Waals surface area contributed by atoms with E-state index in [1.54, 1.807) is 0 Å². The second-order valence-electron chi connectivity index (χ2n) is 3.98. The van der Waals surface area contributed by atoms with Crippen molar-refractivity contribution in [3.63, 3.8) is 0 Å². The molecule has 2 nitrogen and oxygen atoms in total. The van der Waals surface area contributed by atoms with Gasteiger partial charge in [0.05, 0.1) is 5.41 Å². The highest BCUT2D eigenvalue weighted by Gasteiger charge is 2.59. The first-order chi connectivity index (χ1) is 6.70. The number of rotatable bonds is 3. The zero-order valence-electron chi connectivity index (χ0n) is 8.23. The molecule has 0 heterocycles. The van der Waals surface area contributed by atoms with Crippen LogP contribution >= 0.6 is 0 Å². The quantitative estimate of drug-likeness (QED) is 0.795. The Bertz CT molecular complexity index is 345. The van der Waals surface area contributed by atoms with Gasteiger partial charge >= 0.3 is 5.97 Å². The Morgan fingerprint density at radius 1 is 1.50 bits per heavy atom. The molecule has 1 aliphatic carbocycles. The van der Waals surface area contributed by atoms with Gasteiger partial charge in [0, 0.05) is 5.92 Å². The monoisotopic (exact) mass is 190 g/mol. The Kier molecular flexibility index (Phi) is 2.06. The van der Waals surface area contributed by atoms with E-state index in [0.29, 0.717) is 0 Å². The Balaban J connectivity index is 2.22. The predicted molar refractivity (Wildman–Crippen MR) is 54.2 cm³/mol. The van der Waals surface area contributed by atoms with Gasteiger partial charge in [-0.25, -0.2) is 0 Å². The van der Waals surface area contributed by atoms with Crippen LogP contribution in [0.2, 0.25) is 0 Å². The summed E-state index contributed by atoms with van der Waals surface area (Å²) in [5.41, 5.74) is 0.693. The maximum Gasteiger partial charge on any atom is 0.310 e. The molecule has 1 saturated carbocycles. The van der Waals surface area contributed by atoms with Gasteiger partial charge in [0.2, 0.25) is 0 Å². The highest BCUT2D eigenvalue weighted by molar-refractivity contribution is 5.80. The first kappa shape index (κ1) is 9.25. The summed E-state index contributed by atoms with van der Waals surface area (Å²) in [6.07, 6.45) is 1.52. The first-order valence-corrected chi connectivity index (χ1v) is 4.99. The van der Waals surface area contributed by atoms with E-state index in [4.69, 9.17) is 5.11 Å². The molecule has 1 N–H and O–H groups in total. The summed E-state index contributed by atoms with van der Waals surface area (Å²) in [5.74, 6) is -0.417. The maximum absolute atomic E-state index is 11.1. The molecule has 0 bridgehead atoms. The summed E-state index contributed by atoms with van der Waals surface area (Å²) in [6.45, 7) is 1.96. The van der Waals surface area contributed by atoms with Crippen LogP contribution in [0.5, 0.6) is 0 Å². The lowest BCUT2D eigenvalue weighted by Crippen LogP contribution is -2.15. The van der Waals surface area contributed by atoms with E-state index in [0.717, 1.165) is 18.4 Å². The Morgan fingerprint density at radius 3 is 2.57 bits per heavy atom. The topological polar surface area (TPSA) is 37.3 Å². The molecule has 0 saturated heterocycles. The molecule has 0 radical (unpaired) electrons. The SMILES string of the molecule is CC[C@@]1(C(=O)O)C[C@@H]1c1ccccc1. The van der Waals surface area contributed by atoms with Crippen LogP contribution in [0.3, 0.4) is 0 Å². The lowest BCUT2D eigenvalue weighted by molar-refractivity contribution is -0.143. The van der Waals surface area contributed by atoms with Gasteiger partial charge in [0.1, 0.15) is 0 Å². The lowest BCUT2D eigenvalue weighted by Gasteiger charge is -2.08. The molecule has 2 rings (SSSR count). The van der Waals surface area contributed by atoms with Crippen molar-refractivity contribution < 1.29 is 9.90 Å². The van der Waals surface area contributed by atoms with Gasteiger partial charge in [-0.3, -0.25) is 4.79 Å². The van der Waals surface area contributed by atoms with Crippen LogP contribution in [0, 0.1) is 5.41 Å². The van der Waals surface area contributed by atoms with Gasteiger partial charge in [-0.05, 0) is 18.4 Å². The van der Waals surface area contributed by atoms with E-state index in [1.165, 1.54) is 0 Å². The number of carboxylic acid groups (broad SMARTS) is 1. The second kappa shape index (κ2) is 3.12. The molecule has 14 heavy (non-hydrogen) atoms. The average Bonchev–Trinajstić information content (AvgIpc) is 2.95. The molecule has 1 fully saturated rings. The molecule has 1 aliphatic rings. The fraction of sp³-hybridized carbons (Fsp3) is 0.417. The smallest absolute Gasteiger partial charge is 0.310 e. The van der Waals surface area contributed by atoms with E-state index < -0.39 is 11.4 Å². The highest BCUT2D eigenvalue weighted by atomic mass is 16.4. The molecular weight excluding hydrogens is 176 g/mol. The summed E-state index contributed by atoms with van der Waals surface area (Å²) in [4.78, 5) is 11.1. The van der Waals surface area contributed by atoms with Gasteiger partial charge in [-0.1, -0.05) is 37.3 Å². The standard InChI is InChI=1S/C12H14O2/c1-2-12(11(13)14)8-10(12)9-6-4-3-5-7-9/h3-7,10H,2,8H2,1H3,(H,13,14)/t10-,12-/m1/s1. The number of carboxylic acids is 1. The van der Waals surface area contributed by atoms with Crippen LogP contribution in [0.4, 0.5) is 0 Å². The van der Waals surface area contributed by atoms with E-state index in [-0.39, 0.29) is 5.92 Å². The summed E-state index contributed by atoms with van der Waals surface area (Å²) in [6, 6.07) is 9.93. The average molecular weight is 190 g/mol. The van der Waals surface area contributed by atoms with Crippen molar-refractivity contribution in [1.82, 2.24) is 0 Å². The van der Waals surface area contributed by atoms with Gasteiger partial charge in [0.25, 0.3) is 0 Å². The molecule has 1 aromatic carbocycles. The van der Waals surface area contributed by atoms with Crippen LogP contribution in [0.15, 0.2) is 30.3 Å². The van der Waals surface area contributed by atoms with Crippen molar-refractivity contribution in [2.45, 2.75) is 25.7 Å². The van der Waals surface area contributed by atoms with Crippen molar-refractivity contribution in [2.75, 3.05) is 0 Å². The molecule has 0 spiro atoms. The summed E-state index contributed by atoms with van der Waals surface area (Å²) in [7, 11) is 0. The van der Waals surface area contributed by atoms with Crippen LogP contribution in [0.1, 0.15) is 31.2 Å². The third kappa shape index (κ3) is 1.22. The minimum atomic E-state index is -0.645. The van der Waals surface area contributed by atoms with Crippen LogP contribution < -0.4 is 0 Å². The van der Waals surface area contributed by atoms with E-state index in [9.17, 15) is 4.79 Å². The molecule has 1 aromatic rings. The number of benzene rings is 1. The van der Waals surface area contributed by atoms with Gasteiger partial charge in [-0.2, -0.15) is 0 Å². The molecule has 2 heteroatoms. The van der Waals surface area contributed by atoms with Crippen molar-refractivity contribution in [3.8, 4) is 0 Å². The Morgan fingerprint density at radius 2 is 2.14 bits per heavy atom. The van der Waals surface area contributed by atoms with E-state index in [2.05, 4.69) is 0 Å². The van der Waals surface area contributed by atoms with Crippen molar-refractivity contribution in [1.29, 1.82) is 0 Å². The largest absolute Gasteiger partial charge is 0.481 e. The van der Waals surface area contributed by atoms with Crippen LogP contribution in [-0.4, -0.2) is 11.1 Å². The van der Waals surface area contributed by atoms with Crippen molar-refractivity contribution in [3.05, 3.63) is 35.9 Å². The zero-order valence-corrected chi connectivity index (χ0v) is 8.23. The third-order valence-corrected chi connectivity index (χ3v) is 3.33. The lowest BCUT2D eigenvalue weighted by atomic mass is 9.96. The number of carbonyl (C=O) groups is 1. The fourth-order valence-corrected chi connectivity index (χ4v) is 2.21. The number of aliphatic carboxylic acids is 1. The molecule has 0 amide bonds. The van der Waals surface area contributed by atoms with Crippen molar-refractivity contribution in [2.24, 2.45) is 5.41 Å². The summed E-state index contributed by atoms with van der Waals surface area (Å²) >= 11 is 0. The minimum Gasteiger partial charge on any atom is -0.481 e. The highest BCUT2D eigenvalue weighted by Crippen LogP contribution is 2.61. The molecule has 0 unspecified atom stereocenters. The molecule has 74 valence electrons.